The van der Waals surface area contributed by atoms with Crippen molar-refractivity contribution >= 4 is 15.8 Å². The van der Waals surface area contributed by atoms with Crippen molar-refractivity contribution in [2.75, 3.05) is 18.9 Å². The Bertz CT molecular complexity index is 469. The molecule has 18 heavy (non-hydrogen) atoms. The molecule has 0 saturated carbocycles. The number of hydrogen-bond acceptors (Lipinski definition) is 4. The van der Waals surface area contributed by atoms with E-state index in [1.54, 1.807) is 19.2 Å². The summed E-state index contributed by atoms with van der Waals surface area (Å²) in [6.45, 7) is 6.60. The van der Waals surface area contributed by atoms with Crippen molar-refractivity contribution in [3.63, 3.8) is 0 Å². The third kappa shape index (κ3) is 3.96. The molecule has 0 radical (unpaired) electrons. The van der Waals surface area contributed by atoms with Gasteiger partial charge in [-0.15, -0.1) is 0 Å². The van der Waals surface area contributed by atoms with E-state index in [4.69, 9.17) is 0 Å². The number of sulfonamides is 1. The minimum Gasteiger partial charge on any atom is -0.373 e. The van der Waals surface area contributed by atoms with E-state index < -0.39 is 10.0 Å². The standard InChI is InChI=1S/C12H21N3O2S/c1-9(2)10(3)7-15-18(16,17)11-5-6-12(13-4)14-8-11/h5-6,8-10,15H,7H2,1-4H3,(H,13,14). The molecule has 2 N–H and O–H groups in total. The first-order chi connectivity index (χ1) is 8.36. The number of hydrogen-bond donors (Lipinski definition) is 2. The van der Waals surface area contributed by atoms with Crippen LogP contribution in [0.3, 0.4) is 0 Å². The Morgan fingerprint density at radius 2 is 1.94 bits per heavy atom. The molecule has 0 aromatic carbocycles. The Morgan fingerprint density at radius 1 is 1.28 bits per heavy atom. The molecule has 102 valence electrons. The highest BCUT2D eigenvalue weighted by molar-refractivity contribution is 7.89. The molecule has 0 aliphatic carbocycles. The summed E-state index contributed by atoms with van der Waals surface area (Å²) in [5, 5.41) is 2.84. The minimum absolute atomic E-state index is 0.192. The molecule has 6 heteroatoms. The van der Waals surface area contributed by atoms with E-state index in [0.29, 0.717) is 24.2 Å². The van der Waals surface area contributed by atoms with Gasteiger partial charge in [-0.25, -0.2) is 18.1 Å². The van der Waals surface area contributed by atoms with E-state index in [1.807, 2.05) is 6.92 Å². The summed E-state index contributed by atoms with van der Waals surface area (Å²) in [5.41, 5.74) is 0. The molecule has 1 aromatic heterocycles. The van der Waals surface area contributed by atoms with Gasteiger partial charge in [0.25, 0.3) is 0 Å². The van der Waals surface area contributed by atoms with Crippen molar-refractivity contribution < 1.29 is 8.42 Å². The first kappa shape index (κ1) is 14.9. The van der Waals surface area contributed by atoms with Crippen LogP contribution in [0.5, 0.6) is 0 Å². The van der Waals surface area contributed by atoms with Gasteiger partial charge in [0.1, 0.15) is 10.7 Å². The number of pyridine rings is 1. The maximum Gasteiger partial charge on any atom is 0.242 e. The molecule has 0 saturated heterocycles. The second kappa shape index (κ2) is 6.15. The molecule has 0 amide bonds. The van der Waals surface area contributed by atoms with Crippen molar-refractivity contribution in [1.82, 2.24) is 9.71 Å². The van der Waals surface area contributed by atoms with Gasteiger partial charge in [-0.1, -0.05) is 20.8 Å². The van der Waals surface area contributed by atoms with Crippen molar-refractivity contribution in [3.8, 4) is 0 Å². The Balaban J connectivity index is 2.73. The number of anilines is 1. The van der Waals surface area contributed by atoms with Gasteiger partial charge < -0.3 is 5.32 Å². The second-order valence-electron chi connectivity index (χ2n) is 4.70. The molecular formula is C12H21N3O2S. The highest BCUT2D eigenvalue weighted by Crippen LogP contribution is 2.12. The average molecular weight is 271 g/mol. The fourth-order valence-corrected chi connectivity index (χ4v) is 2.33. The zero-order valence-corrected chi connectivity index (χ0v) is 12.1. The topological polar surface area (TPSA) is 71.1 Å². The van der Waals surface area contributed by atoms with Crippen LogP contribution in [-0.4, -0.2) is 27.0 Å². The summed E-state index contributed by atoms with van der Waals surface area (Å²) < 4.78 is 26.6. The largest absolute Gasteiger partial charge is 0.373 e. The number of nitrogens with one attached hydrogen (secondary N) is 2. The van der Waals surface area contributed by atoms with Gasteiger partial charge in [0, 0.05) is 19.8 Å². The van der Waals surface area contributed by atoms with Gasteiger partial charge in [0.15, 0.2) is 0 Å². The second-order valence-corrected chi connectivity index (χ2v) is 6.47. The predicted octanol–water partition coefficient (Wildman–Crippen LogP) is 1.69. The van der Waals surface area contributed by atoms with Gasteiger partial charge in [-0.05, 0) is 24.0 Å². The molecule has 0 aliphatic heterocycles. The zero-order chi connectivity index (χ0) is 13.8. The maximum atomic E-state index is 12.0. The fraction of sp³-hybridized carbons (Fsp3) is 0.583. The third-order valence-corrected chi connectivity index (χ3v) is 4.44. The molecule has 1 aromatic rings. The van der Waals surface area contributed by atoms with Crippen molar-refractivity contribution in [1.29, 1.82) is 0 Å². The monoisotopic (exact) mass is 271 g/mol. The van der Waals surface area contributed by atoms with Crippen LogP contribution in [-0.2, 0) is 10.0 Å². The van der Waals surface area contributed by atoms with Crippen molar-refractivity contribution in [2.24, 2.45) is 11.8 Å². The summed E-state index contributed by atoms with van der Waals surface area (Å²) in [6.07, 6.45) is 1.36. The lowest BCUT2D eigenvalue weighted by Gasteiger charge is -2.16. The molecule has 1 rings (SSSR count). The Morgan fingerprint density at radius 3 is 2.39 bits per heavy atom. The first-order valence-corrected chi connectivity index (χ1v) is 7.48. The third-order valence-electron chi connectivity index (χ3n) is 3.04. The van der Waals surface area contributed by atoms with Crippen LogP contribution in [0.2, 0.25) is 0 Å². The van der Waals surface area contributed by atoms with Gasteiger partial charge in [-0.2, -0.15) is 0 Å². The molecule has 0 fully saturated rings. The van der Waals surface area contributed by atoms with Gasteiger partial charge in [0.05, 0.1) is 0 Å². The van der Waals surface area contributed by atoms with E-state index in [2.05, 4.69) is 28.9 Å². The van der Waals surface area contributed by atoms with E-state index in [-0.39, 0.29) is 4.90 Å². The highest BCUT2D eigenvalue weighted by Gasteiger charge is 2.16. The summed E-state index contributed by atoms with van der Waals surface area (Å²) in [5.74, 6) is 1.38. The molecule has 1 heterocycles. The lowest BCUT2D eigenvalue weighted by atomic mass is 9.99. The SMILES string of the molecule is CNc1ccc(S(=O)(=O)NCC(C)C(C)C)cn1. The summed E-state index contributed by atoms with van der Waals surface area (Å²) in [7, 11) is -1.72. The lowest BCUT2D eigenvalue weighted by molar-refractivity contribution is 0.414. The molecule has 0 aliphatic rings. The van der Waals surface area contributed by atoms with E-state index in [9.17, 15) is 8.42 Å². The van der Waals surface area contributed by atoms with Crippen molar-refractivity contribution in [2.45, 2.75) is 25.7 Å². The highest BCUT2D eigenvalue weighted by atomic mass is 32.2. The molecule has 1 unspecified atom stereocenters. The Labute approximate surface area is 109 Å². The number of aromatic nitrogens is 1. The smallest absolute Gasteiger partial charge is 0.242 e. The van der Waals surface area contributed by atoms with Crippen LogP contribution in [0.15, 0.2) is 23.2 Å². The Kier molecular flexibility index (Phi) is 5.10. The normalized spacial score (nSPS) is 13.6. The molecule has 1 atom stereocenters. The summed E-state index contributed by atoms with van der Waals surface area (Å²) in [4.78, 5) is 4.19. The number of nitrogens with zero attached hydrogens (tertiary/aromatic N) is 1. The quantitative estimate of drug-likeness (QED) is 0.826. The molecule has 5 nitrogen and oxygen atoms in total. The predicted molar refractivity (Wildman–Crippen MR) is 73.0 cm³/mol. The van der Waals surface area contributed by atoms with Crippen LogP contribution in [0.1, 0.15) is 20.8 Å². The Hall–Kier alpha value is -1.14. The van der Waals surface area contributed by atoms with Crippen LogP contribution in [0.4, 0.5) is 5.82 Å². The maximum absolute atomic E-state index is 12.0. The molecular weight excluding hydrogens is 250 g/mol. The number of rotatable bonds is 6. The van der Waals surface area contributed by atoms with Crippen LogP contribution in [0.25, 0.3) is 0 Å². The lowest BCUT2D eigenvalue weighted by Crippen LogP contribution is -2.30. The van der Waals surface area contributed by atoms with Gasteiger partial charge in [-0.3, -0.25) is 0 Å². The van der Waals surface area contributed by atoms with Crippen LogP contribution < -0.4 is 10.0 Å². The van der Waals surface area contributed by atoms with E-state index >= 15 is 0 Å². The molecule has 0 bridgehead atoms. The van der Waals surface area contributed by atoms with E-state index in [1.165, 1.54) is 6.20 Å². The summed E-state index contributed by atoms with van der Waals surface area (Å²) >= 11 is 0. The minimum atomic E-state index is -3.45. The van der Waals surface area contributed by atoms with Gasteiger partial charge in [0.2, 0.25) is 10.0 Å². The van der Waals surface area contributed by atoms with E-state index in [0.717, 1.165) is 0 Å². The van der Waals surface area contributed by atoms with Crippen LogP contribution >= 0.6 is 0 Å². The van der Waals surface area contributed by atoms with Crippen molar-refractivity contribution in [3.05, 3.63) is 18.3 Å². The average Bonchev–Trinajstić information content (AvgIpc) is 2.36. The summed E-state index contributed by atoms with van der Waals surface area (Å²) in [6, 6.07) is 3.18. The zero-order valence-electron chi connectivity index (χ0n) is 11.3. The van der Waals surface area contributed by atoms with Gasteiger partial charge >= 0.3 is 0 Å². The molecule has 0 spiro atoms. The fourth-order valence-electron chi connectivity index (χ4n) is 1.25. The van der Waals surface area contributed by atoms with Crippen LogP contribution in [0, 0.1) is 11.8 Å². The first-order valence-electron chi connectivity index (χ1n) is 6.00.